The van der Waals surface area contributed by atoms with Crippen LogP contribution in [0.1, 0.15) is 11.1 Å². The van der Waals surface area contributed by atoms with Gasteiger partial charge >= 0.3 is 6.18 Å². The highest BCUT2D eigenvalue weighted by Crippen LogP contribution is 2.32. The topological polar surface area (TPSA) is 41.9 Å². The summed E-state index contributed by atoms with van der Waals surface area (Å²) >= 11 is 1.24. The average molecular weight is 342 g/mol. The first-order valence-corrected chi connectivity index (χ1v) is 7.78. The van der Waals surface area contributed by atoms with E-state index in [4.69, 9.17) is 4.74 Å². The number of aliphatic imine (C=N–C) groups is 1. The molecule has 0 spiro atoms. The zero-order valence-corrected chi connectivity index (χ0v) is 12.8. The first kappa shape index (κ1) is 16.1. The average Bonchev–Trinajstić information content (AvgIpc) is 2.89. The van der Waals surface area contributed by atoms with Crippen LogP contribution in [0.2, 0.25) is 0 Å². The van der Waals surface area contributed by atoms with Crippen LogP contribution in [0.5, 0.6) is 0 Å². The van der Waals surface area contributed by atoms with Crippen molar-refractivity contribution in [3.8, 4) is 0 Å². The first-order chi connectivity index (χ1) is 10.9. The highest BCUT2D eigenvalue weighted by Gasteiger charge is 2.30. The second-order valence-corrected chi connectivity index (χ2v) is 6.04. The zero-order valence-electron chi connectivity index (χ0n) is 12.0. The molecule has 1 fully saturated rings. The van der Waals surface area contributed by atoms with Gasteiger partial charge in [-0.15, -0.1) is 0 Å². The second kappa shape index (κ2) is 6.37. The number of carbonyl (C=O) groups excluding carboxylic acids is 1. The SMILES string of the molecule is O=C1N=C(N2CCOCC2)SC1=Cc1ccc(C(F)(F)F)cc1. The van der Waals surface area contributed by atoms with Crippen molar-refractivity contribution in [3.05, 3.63) is 40.3 Å². The molecule has 0 aliphatic carbocycles. The number of hydrogen-bond acceptors (Lipinski definition) is 4. The summed E-state index contributed by atoms with van der Waals surface area (Å²) in [5.74, 6) is -0.364. The summed E-state index contributed by atoms with van der Waals surface area (Å²) < 4.78 is 42.9. The molecule has 2 heterocycles. The Morgan fingerprint density at radius 1 is 1.17 bits per heavy atom. The standard InChI is InChI=1S/C15H13F3N2O2S/c16-15(17,18)11-3-1-10(2-4-11)9-12-13(21)19-14(23-12)20-5-7-22-8-6-20/h1-4,9H,5-8H2. The first-order valence-electron chi connectivity index (χ1n) is 6.96. The maximum Gasteiger partial charge on any atom is 0.416 e. The van der Waals surface area contributed by atoms with Crippen LogP contribution in [0.4, 0.5) is 13.2 Å². The van der Waals surface area contributed by atoms with Crippen LogP contribution in [0.25, 0.3) is 6.08 Å². The minimum atomic E-state index is -4.36. The minimum absolute atomic E-state index is 0.364. The van der Waals surface area contributed by atoms with E-state index in [1.54, 1.807) is 6.08 Å². The van der Waals surface area contributed by atoms with Crippen LogP contribution in [-0.4, -0.2) is 42.3 Å². The van der Waals surface area contributed by atoms with Crippen molar-refractivity contribution in [1.82, 2.24) is 4.90 Å². The van der Waals surface area contributed by atoms with Crippen LogP contribution >= 0.6 is 11.8 Å². The fourth-order valence-electron chi connectivity index (χ4n) is 2.21. The van der Waals surface area contributed by atoms with E-state index in [9.17, 15) is 18.0 Å². The summed E-state index contributed by atoms with van der Waals surface area (Å²) in [6.07, 6.45) is -2.81. The fourth-order valence-corrected chi connectivity index (χ4v) is 3.17. The predicted octanol–water partition coefficient (Wildman–Crippen LogP) is 3.01. The summed E-state index contributed by atoms with van der Waals surface area (Å²) in [6.45, 7) is 2.52. The second-order valence-electron chi connectivity index (χ2n) is 5.03. The highest BCUT2D eigenvalue weighted by molar-refractivity contribution is 8.18. The van der Waals surface area contributed by atoms with Gasteiger partial charge in [-0.3, -0.25) is 4.79 Å². The predicted molar refractivity (Wildman–Crippen MR) is 81.8 cm³/mol. The molecule has 8 heteroatoms. The van der Waals surface area contributed by atoms with Crippen LogP contribution < -0.4 is 0 Å². The zero-order chi connectivity index (χ0) is 16.4. The Morgan fingerprint density at radius 2 is 1.83 bits per heavy atom. The van der Waals surface area contributed by atoms with Gasteiger partial charge in [-0.2, -0.15) is 18.2 Å². The number of carbonyl (C=O) groups is 1. The molecule has 0 saturated carbocycles. The van der Waals surface area contributed by atoms with Gasteiger partial charge in [0.15, 0.2) is 5.17 Å². The number of rotatable bonds is 1. The molecule has 2 aliphatic rings. The molecule has 0 radical (unpaired) electrons. The van der Waals surface area contributed by atoms with Gasteiger partial charge in [-0.1, -0.05) is 12.1 Å². The van der Waals surface area contributed by atoms with Crippen LogP contribution in [-0.2, 0) is 15.7 Å². The summed E-state index contributed by atoms with van der Waals surface area (Å²) in [7, 11) is 0. The lowest BCUT2D eigenvalue weighted by molar-refractivity contribution is -0.137. The number of thioether (sulfide) groups is 1. The van der Waals surface area contributed by atoms with E-state index < -0.39 is 11.7 Å². The molecule has 0 N–H and O–H groups in total. The highest BCUT2D eigenvalue weighted by atomic mass is 32.2. The maximum atomic E-state index is 12.5. The quantitative estimate of drug-likeness (QED) is 0.736. The molecule has 0 unspecified atom stereocenters. The van der Waals surface area contributed by atoms with Gasteiger partial charge in [0, 0.05) is 13.1 Å². The van der Waals surface area contributed by atoms with E-state index in [0.29, 0.717) is 41.9 Å². The summed E-state index contributed by atoms with van der Waals surface area (Å²) in [5, 5.41) is 0.622. The number of morpholine rings is 1. The summed E-state index contributed by atoms with van der Waals surface area (Å²) in [5.41, 5.74) is -0.178. The van der Waals surface area contributed by atoms with Crippen molar-refractivity contribution in [2.45, 2.75) is 6.18 Å². The number of halogens is 3. The van der Waals surface area contributed by atoms with Crippen molar-refractivity contribution in [2.75, 3.05) is 26.3 Å². The third-order valence-electron chi connectivity index (χ3n) is 3.43. The van der Waals surface area contributed by atoms with E-state index >= 15 is 0 Å². The third-order valence-corrected chi connectivity index (χ3v) is 4.47. The van der Waals surface area contributed by atoms with Gasteiger partial charge in [0.2, 0.25) is 0 Å². The Labute approximate surface area is 135 Å². The largest absolute Gasteiger partial charge is 0.416 e. The Hall–Kier alpha value is -1.80. The smallest absolute Gasteiger partial charge is 0.378 e. The molecule has 1 aromatic carbocycles. The van der Waals surface area contributed by atoms with Crippen molar-refractivity contribution >= 4 is 28.9 Å². The van der Waals surface area contributed by atoms with Crippen LogP contribution in [0, 0.1) is 0 Å². The van der Waals surface area contributed by atoms with E-state index in [1.165, 1.54) is 23.9 Å². The Balaban J connectivity index is 1.72. The van der Waals surface area contributed by atoms with E-state index in [0.717, 1.165) is 12.1 Å². The van der Waals surface area contributed by atoms with Crippen molar-refractivity contribution in [2.24, 2.45) is 4.99 Å². The molecule has 2 aliphatic heterocycles. The monoisotopic (exact) mass is 342 g/mol. The summed E-state index contributed by atoms with van der Waals surface area (Å²) in [4.78, 5) is 18.3. The Bertz CT molecular complexity index is 662. The molecule has 0 bridgehead atoms. The van der Waals surface area contributed by atoms with Crippen molar-refractivity contribution in [3.63, 3.8) is 0 Å². The van der Waals surface area contributed by atoms with Gasteiger partial charge in [-0.05, 0) is 35.5 Å². The molecular weight excluding hydrogens is 329 g/mol. The number of amides is 1. The molecule has 1 saturated heterocycles. The number of alkyl halides is 3. The fraction of sp³-hybridized carbons (Fsp3) is 0.333. The molecule has 122 valence electrons. The normalized spacial score (nSPS) is 21.0. The minimum Gasteiger partial charge on any atom is -0.378 e. The maximum absolute atomic E-state index is 12.5. The number of benzene rings is 1. The molecule has 4 nitrogen and oxygen atoms in total. The number of amidine groups is 1. The molecule has 0 aromatic heterocycles. The lowest BCUT2D eigenvalue weighted by Gasteiger charge is -2.27. The van der Waals surface area contributed by atoms with Gasteiger partial charge in [0.25, 0.3) is 5.91 Å². The number of ether oxygens (including phenoxy) is 1. The summed E-state index contributed by atoms with van der Waals surface area (Å²) in [6, 6.07) is 4.69. The molecular formula is C15H13F3N2O2S. The Morgan fingerprint density at radius 3 is 2.43 bits per heavy atom. The molecule has 23 heavy (non-hydrogen) atoms. The van der Waals surface area contributed by atoms with Gasteiger partial charge < -0.3 is 9.64 Å². The number of hydrogen-bond donors (Lipinski definition) is 0. The number of nitrogens with zero attached hydrogens (tertiary/aromatic N) is 2. The van der Waals surface area contributed by atoms with Crippen molar-refractivity contribution < 1.29 is 22.7 Å². The molecule has 3 rings (SSSR count). The third kappa shape index (κ3) is 3.76. The van der Waals surface area contributed by atoms with E-state index in [-0.39, 0.29) is 5.91 Å². The van der Waals surface area contributed by atoms with Gasteiger partial charge in [0.1, 0.15) is 0 Å². The van der Waals surface area contributed by atoms with E-state index in [1.807, 2.05) is 4.90 Å². The van der Waals surface area contributed by atoms with E-state index in [2.05, 4.69) is 4.99 Å². The lowest BCUT2D eigenvalue weighted by Crippen LogP contribution is -2.38. The molecule has 1 amide bonds. The lowest BCUT2D eigenvalue weighted by atomic mass is 10.1. The van der Waals surface area contributed by atoms with Gasteiger partial charge in [0.05, 0.1) is 23.7 Å². The van der Waals surface area contributed by atoms with Crippen molar-refractivity contribution in [1.29, 1.82) is 0 Å². The van der Waals surface area contributed by atoms with Gasteiger partial charge in [-0.25, -0.2) is 0 Å². The molecule has 1 aromatic rings. The Kier molecular flexibility index (Phi) is 4.45. The van der Waals surface area contributed by atoms with Crippen LogP contribution in [0.15, 0.2) is 34.2 Å². The van der Waals surface area contributed by atoms with Crippen LogP contribution in [0.3, 0.4) is 0 Å². The molecule has 0 atom stereocenters.